The number of aromatic nitrogens is 4. The van der Waals surface area contributed by atoms with E-state index in [1.54, 1.807) is 18.5 Å². The molecule has 0 aliphatic carbocycles. The first-order chi connectivity index (χ1) is 12.3. The van der Waals surface area contributed by atoms with Crippen LogP contribution in [0, 0.1) is 26.7 Å². The van der Waals surface area contributed by atoms with E-state index < -0.39 is 0 Å². The molecule has 0 unspecified atom stereocenters. The van der Waals surface area contributed by atoms with Gasteiger partial charge in [0, 0.05) is 32.1 Å². The van der Waals surface area contributed by atoms with Crippen LogP contribution < -0.4 is 0 Å². The Morgan fingerprint density at radius 3 is 2.42 bits per heavy atom. The topological polar surface area (TPSA) is 94.1 Å². The standard InChI is InChI=1S/C18H25N5O3/c1-11-18(13(3)24)12(2)23(20-11)10-17(25)22-7-5-15(6-8-22)9-16-19-14(4)26-21-16/h15H,5-10H2,1-4H3. The van der Waals surface area contributed by atoms with Gasteiger partial charge in [0.25, 0.3) is 0 Å². The van der Waals surface area contributed by atoms with Crippen molar-refractivity contribution in [3.05, 3.63) is 28.7 Å². The molecule has 1 saturated heterocycles. The van der Waals surface area contributed by atoms with Gasteiger partial charge in [-0.05, 0) is 39.5 Å². The maximum absolute atomic E-state index is 12.6. The van der Waals surface area contributed by atoms with Crippen LogP contribution in [0.3, 0.4) is 0 Å². The molecule has 3 heterocycles. The van der Waals surface area contributed by atoms with Gasteiger partial charge in [-0.3, -0.25) is 14.3 Å². The lowest BCUT2D eigenvalue weighted by atomic mass is 9.93. The molecule has 2 aromatic heterocycles. The van der Waals surface area contributed by atoms with Crippen molar-refractivity contribution >= 4 is 11.7 Å². The van der Waals surface area contributed by atoms with Crippen molar-refractivity contribution in [2.75, 3.05) is 13.1 Å². The lowest BCUT2D eigenvalue weighted by Crippen LogP contribution is -2.41. The number of Topliss-reactive ketones (excluding diaryl/α,β-unsaturated/α-hetero) is 1. The van der Waals surface area contributed by atoms with Crippen LogP contribution >= 0.6 is 0 Å². The Balaban J connectivity index is 1.55. The quantitative estimate of drug-likeness (QED) is 0.757. The number of likely N-dealkylation sites (tertiary alicyclic amines) is 1. The van der Waals surface area contributed by atoms with Crippen molar-refractivity contribution in [3.63, 3.8) is 0 Å². The smallest absolute Gasteiger partial charge is 0.244 e. The SMILES string of the molecule is CC(=O)c1c(C)nn(CC(=O)N2CCC(Cc3noc(C)n3)CC2)c1C. The Hall–Kier alpha value is -2.51. The molecule has 1 aliphatic rings. The van der Waals surface area contributed by atoms with Gasteiger partial charge in [-0.2, -0.15) is 10.1 Å². The third-order valence-electron chi connectivity index (χ3n) is 5.03. The Morgan fingerprint density at radius 1 is 1.19 bits per heavy atom. The van der Waals surface area contributed by atoms with Crippen molar-refractivity contribution in [1.29, 1.82) is 0 Å². The molecule has 8 heteroatoms. The summed E-state index contributed by atoms with van der Waals surface area (Å²) in [5.74, 6) is 1.82. The Morgan fingerprint density at radius 2 is 1.88 bits per heavy atom. The monoisotopic (exact) mass is 359 g/mol. The van der Waals surface area contributed by atoms with Crippen LogP contribution in [0.1, 0.15) is 53.2 Å². The summed E-state index contributed by atoms with van der Waals surface area (Å²) in [6.45, 7) is 8.57. The Labute approximate surface area is 152 Å². The summed E-state index contributed by atoms with van der Waals surface area (Å²) in [5, 5.41) is 8.31. The summed E-state index contributed by atoms with van der Waals surface area (Å²) in [7, 11) is 0. The highest BCUT2D eigenvalue weighted by Crippen LogP contribution is 2.21. The summed E-state index contributed by atoms with van der Waals surface area (Å²) in [4.78, 5) is 30.5. The number of carbonyl (C=O) groups excluding carboxylic acids is 2. The fourth-order valence-electron chi connectivity index (χ4n) is 3.66. The predicted molar refractivity (Wildman–Crippen MR) is 93.7 cm³/mol. The van der Waals surface area contributed by atoms with Crippen LogP contribution in [0.25, 0.3) is 0 Å². The summed E-state index contributed by atoms with van der Waals surface area (Å²) in [6, 6.07) is 0. The predicted octanol–water partition coefficient (Wildman–Crippen LogP) is 1.88. The van der Waals surface area contributed by atoms with Gasteiger partial charge in [-0.25, -0.2) is 0 Å². The third kappa shape index (κ3) is 3.84. The average molecular weight is 359 g/mol. The number of ketones is 1. The summed E-state index contributed by atoms with van der Waals surface area (Å²) in [5.41, 5.74) is 2.05. The average Bonchev–Trinajstić information content (AvgIpc) is 3.11. The van der Waals surface area contributed by atoms with Gasteiger partial charge in [-0.1, -0.05) is 5.16 Å². The zero-order valence-corrected chi connectivity index (χ0v) is 15.8. The van der Waals surface area contributed by atoms with Crippen LogP contribution in [-0.2, 0) is 17.8 Å². The minimum absolute atomic E-state index is 0.0174. The minimum Gasteiger partial charge on any atom is -0.341 e. The molecule has 0 atom stereocenters. The number of piperidine rings is 1. The van der Waals surface area contributed by atoms with Crippen molar-refractivity contribution < 1.29 is 14.1 Å². The van der Waals surface area contributed by atoms with Crippen LogP contribution in [0.5, 0.6) is 0 Å². The van der Waals surface area contributed by atoms with E-state index in [4.69, 9.17) is 4.52 Å². The van der Waals surface area contributed by atoms with Crippen molar-refractivity contribution in [1.82, 2.24) is 24.8 Å². The number of aryl methyl sites for hydroxylation is 2. The highest BCUT2D eigenvalue weighted by atomic mass is 16.5. The van der Waals surface area contributed by atoms with Crippen molar-refractivity contribution in [2.45, 2.75) is 53.5 Å². The largest absolute Gasteiger partial charge is 0.341 e. The number of hydrogen-bond acceptors (Lipinski definition) is 6. The van der Waals surface area contributed by atoms with Gasteiger partial charge in [0.2, 0.25) is 11.8 Å². The molecule has 1 fully saturated rings. The minimum atomic E-state index is -0.0174. The van der Waals surface area contributed by atoms with E-state index in [9.17, 15) is 9.59 Å². The lowest BCUT2D eigenvalue weighted by Gasteiger charge is -2.31. The zero-order chi connectivity index (χ0) is 18.8. The fraction of sp³-hybridized carbons (Fsp3) is 0.611. The normalized spacial score (nSPS) is 15.5. The Kier molecular flexibility index (Phi) is 5.20. The molecule has 0 spiro atoms. The van der Waals surface area contributed by atoms with Crippen LogP contribution in [0.15, 0.2) is 4.52 Å². The van der Waals surface area contributed by atoms with Crippen LogP contribution in [0.2, 0.25) is 0 Å². The lowest BCUT2D eigenvalue weighted by molar-refractivity contribution is -0.133. The molecular formula is C18H25N5O3. The molecule has 8 nitrogen and oxygen atoms in total. The second kappa shape index (κ2) is 7.39. The molecule has 0 N–H and O–H groups in total. The molecule has 0 radical (unpaired) electrons. The first kappa shape index (κ1) is 18.3. The van der Waals surface area contributed by atoms with Gasteiger partial charge in [-0.15, -0.1) is 0 Å². The van der Waals surface area contributed by atoms with E-state index in [0.717, 1.165) is 43.9 Å². The van der Waals surface area contributed by atoms with Gasteiger partial charge >= 0.3 is 0 Å². The molecule has 1 amide bonds. The molecular weight excluding hydrogens is 334 g/mol. The molecule has 0 bridgehead atoms. The first-order valence-corrected chi connectivity index (χ1v) is 8.97. The van der Waals surface area contributed by atoms with Gasteiger partial charge < -0.3 is 9.42 Å². The van der Waals surface area contributed by atoms with E-state index in [-0.39, 0.29) is 18.2 Å². The van der Waals surface area contributed by atoms with E-state index in [1.807, 2.05) is 11.8 Å². The highest BCUT2D eigenvalue weighted by Gasteiger charge is 2.25. The molecule has 0 aromatic carbocycles. The van der Waals surface area contributed by atoms with Gasteiger partial charge in [0.05, 0.1) is 11.3 Å². The second-order valence-corrected chi connectivity index (χ2v) is 7.02. The molecule has 140 valence electrons. The Bertz CT molecular complexity index is 815. The van der Waals surface area contributed by atoms with Crippen LogP contribution in [-0.4, -0.2) is 49.6 Å². The maximum atomic E-state index is 12.6. The van der Waals surface area contributed by atoms with E-state index in [2.05, 4.69) is 15.2 Å². The number of carbonyl (C=O) groups is 2. The number of amides is 1. The molecule has 3 rings (SSSR count). The number of nitrogens with zero attached hydrogens (tertiary/aromatic N) is 5. The van der Waals surface area contributed by atoms with Gasteiger partial charge in [0.1, 0.15) is 6.54 Å². The van der Waals surface area contributed by atoms with E-state index >= 15 is 0 Å². The first-order valence-electron chi connectivity index (χ1n) is 8.97. The summed E-state index contributed by atoms with van der Waals surface area (Å²) >= 11 is 0. The fourth-order valence-corrected chi connectivity index (χ4v) is 3.66. The molecule has 2 aromatic rings. The molecule has 26 heavy (non-hydrogen) atoms. The highest BCUT2D eigenvalue weighted by molar-refractivity contribution is 5.96. The number of hydrogen-bond donors (Lipinski definition) is 0. The third-order valence-corrected chi connectivity index (χ3v) is 5.03. The van der Waals surface area contributed by atoms with Crippen molar-refractivity contribution in [2.24, 2.45) is 5.92 Å². The summed E-state index contributed by atoms with van der Waals surface area (Å²) in [6.07, 6.45) is 2.64. The second-order valence-electron chi connectivity index (χ2n) is 7.02. The van der Waals surface area contributed by atoms with Crippen molar-refractivity contribution in [3.8, 4) is 0 Å². The molecule has 0 saturated carbocycles. The number of rotatable bonds is 5. The molecule has 1 aliphatic heterocycles. The van der Waals surface area contributed by atoms with Crippen LogP contribution in [0.4, 0.5) is 0 Å². The maximum Gasteiger partial charge on any atom is 0.244 e. The zero-order valence-electron chi connectivity index (χ0n) is 15.8. The summed E-state index contributed by atoms with van der Waals surface area (Å²) < 4.78 is 6.65. The van der Waals surface area contributed by atoms with E-state index in [1.165, 1.54) is 6.92 Å². The van der Waals surface area contributed by atoms with Gasteiger partial charge in [0.15, 0.2) is 11.6 Å². The van der Waals surface area contributed by atoms with E-state index in [0.29, 0.717) is 23.1 Å².